The summed E-state index contributed by atoms with van der Waals surface area (Å²) in [5.74, 6) is 2.43. The quantitative estimate of drug-likeness (QED) is 0.566. The number of aryl methyl sites for hydroxylation is 2. The number of nitrogens with one attached hydrogen (secondary N) is 1. The molecule has 2 aromatic carbocycles. The van der Waals surface area contributed by atoms with Crippen LogP contribution in [0, 0.1) is 19.8 Å². The van der Waals surface area contributed by atoms with Crippen molar-refractivity contribution in [3.63, 3.8) is 0 Å². The molecule has 4 heteroatoms. The van der Waals surface area contributed by atoms with E-state index in [1.807, 2.05) is 50.2 Å². The number of hydrogen-bond acceptors (Lipinski definition) is 3. The first-order valence-electron chi connectivity index (χ1n) is 8.82. The maximum absolute atomic E-state index is 6.17. The minimum atomic E-state index is 0.590. The maximum Gasteiger partial charge on any atom is 0.120 e. The maximum atomic E-state index is 6.17. The van der Waals surface area contributed by atoms with E-state index < -0.39 is 0 Å². The van der Waals surface area contributed by atoms with Gasteiger partial charge in [0.1, 0.15) is 18.1 Å². The highest BCUT2D eigenvalue weighted by atomic mass is 35.5. The molecule has 25 heavy (non-hydrogen) atoms. The van der Waals surface area contributed by atoms with E-state index in [9.17, 15) is 0 Å². The highest BCUT2D eigenvalue weighted by Gasteiger charge is 2.03. The summed E-state index contributed by atoms with van der Waals surface area (Å²) < 4.78 is 11.5. The lowest BCUT2D eigenvalue weighted by Crippen LogP contribution is -2.11. The Morgan fingerprint density at radius 1 is 0.920 bits per heavy atom. The smallest absolute Gasteiger partial charge is 0.120 e. The third-order valence-corrected chi connectivity index (χ3v) is 4.52. The topological polar surface area (TPSA) is 30.5 Å². The lowest BCUT2D eigenvalue weighted by molar-refractivity contribution is 0.289. The van der Waals surface area contributed by atoms with Crippen molar-refractivity contribution in [2.24, 2.45) is 5.92 Å². The second-order valence-electron chi connectivity index (χ2n) is 6.70. The minimum absolute atomic E-state index is 0.590. The molecule has 0 spiro atoms. The van der Waals surface area contributed by atoms with Gasteiger partial charge in [-0.1, -0.05) is 25.4 Å². The van der Waals surface area contributed by atoms with Gasteiger partial charge < -0.3 is 14.8 Å². The van der Waals surface area contributed by atoms with E-state index in [2.05, 4.69) is 19.2 Å². The molecule has 136 valence electrons. The zero-order chi connectivity index (χ0) is 18.2. The molecule has 0 unspecified atom stereocenters. The van der Waals surface area contributed by atoms with Gasteiger partial charge in [0.15, 0.2) is 0 Å². The summed E-state index contributed by atoms with van der Waals surface area (Å²) >= 11 is 6.17. The van der Waals surface area contributed by atoms with Crippen LogP contribution in [0.15, 0.2) is 36.4 Å². The van der Waals surface area contributed by atoms with Gasteiger partial charge in [-0.25, -0.2) is 0 Å². The molecule has 0 aliphatic heterocycles. The van der Waals surface area contributed by atoms with Gasteiger partial charge >= 0.3 is 0 Å². The Morgan fingerprint density at radius 3 is 2.12 bits per heavy atom. The number of rotatable bonds is 9. The highest BCUT2D eigenvalue weighted by molar-refractivity contribution is 6.32. The van der Waals surface area contributed by atoms with E-state index in [0.717, 1.165) is 52.9 Å². The standard InChI is InChI=1S/C21H28ClNO2/c1-15(2)9-11-24-19-7-5-18(6-8-19)23-10-12-25-20-13-16(3)21(22)17(4)14-20/h5-8,13-15,23H,9-12H2,1-4H3. The van der Waals surface area contributed by atoms with Gasteiger partial charge in [-0.2, -0.15) is 0 Å². The molecule has 2 rings (SSSR count). The summed E-state index contributed by atoms with van der Waals surface area (Å²) in [6, 6.07) is 12.0. The summed E-state index contributed by atoms with van der Waals surface area (Å²) in [5, 5.41) is 4.16. The molecule has 0 aliphatic rings. The molecule has 3 nitrogen and oxygen atoms in total. The Bertz CT molecular complexity index is 645. The monoisotopic (exact) mass is 361 g/mol. The molecule has 0 amide bonds. The van der Waals surface area contributed by atoms with Crippen molar-refractivity contribution in [2.45, 2.75) is 34.1 Å². The first-order chi connectivity index (χ1) is 12.0. The molecule has 0 saturated carbocycles. The van der Waals surface area contributed by atoms with Gasteiger partial charge in [0.05, 0.1) is 6.61 Å². The molecule has 1 N–H and O–H groups in total. The lowest BCUT2D eigenvalue weighted by atomic mass is 10.1. The van der Waals surface area contributed by atoms with Crippen molar-refractivity contribution in [1.82, 2.24) is 0 Å². The van der Waals surface area contributed by atoms with Gasteiger partial charge in [-0.05, 0) is 73.7 Å². The average Bonchev–Trinajstić information content (AvgIpc) is 2.57. The predicted octanol–water partition coefficient (Wildman–Crippen LogP) is 5.87. The van der Waals surface area contributed by atoms with E-state index >= 15 is 0 Å². The van der Waals surface area contributed by atoms with Crippen molar-refractivity contribution in [1.29, 1.82) is 0 Å². The van der Waals surface area contributed by atoms with Crippen LogP contribution in [0.5, 0.6) is 11.5 Å². The molecule has 0 bridgehead atoms. The fourth-order valence-corrected chi connectivity index (χ4v) is 2.54. The summed E-state index contributed by atoms with van der Waals surface area (Å²) in [5.41, 5.74) is 3.14. The van der Waals surface area contributed by atoms with Crippen molar-refractivity contribution < 1.29 is 9.47 Å². The van der Waals surface area contributed by atoms with E-state index in [0.29, 0.717) is 12.5 Å². The molecular weight excluding hydrogens is 334 g/mol. The Hall–Kier alpha value is -1.87. The van der Waals surface area contributed by atoms with Crippen LogP contribution in [0.25, 0.3) is 0 Å². The van der Waals surface area contributed by atoms with Crippen molar-refractivity contribution in [3.05, 3.63) is 52.5 Å². The van der Waals surface area contributed by atoms with Crippen molar-refractivity contribution in [2.75, 3.05) is 25.1 Å². The second-order valence-corrected chi connectivity index (χ2v) is 7.08. The molecule has 0 saturated heterocycles. The Balaban J connectivity index is 1.73. The summed E-state index contributed by atoms with van der Waals surface area (Å²) in [7, 11) is 0. The zero-order valence-corrected chi connectivity index (χ0v) is 16.3. The van der Waals surface area contributed by atoms with Gasteiger partial charge in [-0.15, -0.1) is 0 Å². The Kier molecular flexibility index (Phi) is 7.45. The third kappa shape index (κ3) is 6.50. The molecule has 0 aliphatic carbocycles. The van der Waals surface area contributed by atoms with Crippen LogP contribution in [0.4, 0.5) is 5.69 Å². The SMILES string of the molecule is Cc1cc(OCCNc2ccc(OCCC(C)C)cc2)cc(C)c1Cl. The average molecular weight is 362 g/mol. The normalized spacial score (nSPS) is 10.8. The van der Waals surface area contributed by atoms with Gasteiger partial charge in [0, 0.05) is 17.3 Å². The van der Waals surface area contributed by atoms with E-state index in [1.165, 1.54) is 0 Å². The van der Waals surface area contributed by atoms with Crippen LogP contribution in [0.1, 0.15) is 31.4 Å². The zero-order valence-electron chi connectivity index (χ0n) is 15.6. The Morgan fingerprint density at radius 2 is 1.52 bits per heavy atom. The molecule has 0 aromatic heterocycles. The van der Waals surface area contributed by atoms with Crippen LogP contribution in [-0.4, -0.2) is 19.8 Å². The largest absolute Gasteiger partial charge is 0.494 e. The first kappa shape index (κ1) is 19.5. The second kappa shape index (κ2) is 9.57. The highest BCUT2D eigenvalue weighted by Crippen LogP contribution is 2.25. The number of anilines is 1. The number of ether oxygens (including phenoxy) is 2. The van der Waals surface area contributed by atoms with Crippen molar-refractivity contribution in [3.8, 4) is 11.5 Å². The predicted molar refractivity (Wildman–Crippen MR) is 106 cm³/mol. The summed E-state index contributed by atoms with van der Waals surface area (Å²) in [6.07, 6.45) is 1.07. The number of hydrogen-bond donors (Lipinski definition) is 1. The summed E-state index contributed by atoms with van der Waals surface area (Å²) in [4.78, 5) is 0. The minimum Gasteiger partial charge on any atom is -0.494 e. The fourth-order valence-electron chi connectivity index (χ4n) is 2.44. The number of halogens is 1. The third-order valence-electron chi connectivity index (χ3n) is 3.93. The van der Waals surface area contributed by atoms with Crippen LogP contribution in [0.2, 0.25) is 5.02 Å². The molecule has 0 heterocycles. The molecular formula is C21H28ClNO2. The molecule has 0 atom stereocenters. The van der Waals surface area contributed by atoms with E-state index in [1.54, 1.807) is 0 Å². The fraction of sp³-hybridized carbons (Fsp3) is 0.429. The van der Waals surface area contributed by atoms with Crippen LogP contribution in [-0.2, 0) is 0 Å². The molecule has 2 aromatic rings. The Labute approximate surface area is 156 Å². The van der Waals surface area contributed by atoms with E-state index in [-0.39, 0.29) is 0 Å². The van der Waals surface area contributed by atoms with Crippen LogP contribution in [0.3, 0.4) is 0 Å². The number of benzene rings is 2. The lowest BCUT2D eigenvalue weighted by Gasteiger charge is -2.12. The molecule has 0 fully saturated rings. The van der Waals surface area contributed by atoms with Gasteiger partial charge in [0.25, 0.3) is 0 Å². The van der Waals surface area contributed by atoms with Gasteiger partial charge in [0.2, 0.25) is 0 Å². The first-order valence-corrected chi connectivity index (χ1v) is 9.20. The van der Waals surface area contributed by atoms with E-state index in [4.69, 9.17) is 21.1 Å². The van der Waals surface area contributed by atoms with Crippen LogP contribution < -0.4 is 14.8 Å². The van der Waals surface area contributed by atoms with Crippen LogP contribution >= 0.6 is 11.6 Å². The molecule has 0 radical (unpaired) electrons. The summed E-state index contributed by atoms with van der Waals surface area (Å²) in [6.45, 7) is 10.5. The van der Waals surface area contributed by atoms with Crippen molar-refractivity contribution >= 4 is 17.3 Å². The van der Waals surface area contributed by atoms with Gasteiger partial charge in [-0.3, -0.25) is 0 Å².